The van der Waals surface area contributed by atoms with Crippen LogP contribution in [0.4, 0.5) is 5.69 Å². The largest absolute Gasteiger partial charge is 0.445 e. The fraction of sp³-hybridized carbons (Fsp3) is 0.0968. The van der Waals surface area contributed by atoms with Gasteiger partial charge in [0, 0.05) is 16.1 Å². The van der Waals surface area contributed by atoms with Crippen molar-refractivity contribution in [2.45, 2.75) is 19.4 Å². The topological polar surface area (TPSA) is 80.8 Å². The maximum atomic E-state index is 13.3. The van der Waals surface area contributed by atoms with Crippen LogP contribution in [0, 0.1) is 0 Å². The number of fused-ring (bicyclic) bond motifs is 1. The lowest BCUT2D eigenvalue weighted by atomic mass is 9.99. The van der Waals surface area contributed by atoms with Crippen LogP contribution in [0.1, 0.15) is 65.6 Å². The molecule has 1 aliphatic rings. The Morgan fingerprint density at radius 2 is 1.45 bits per heavy atom. The van der Waals surface area contributed by atoms with Gasteiger partial charge in [0.2, 0.25) is 5.78 Å². The first-order chi connectivity index (χ1) is 18.4. The van der Waals surface area contributed by atoms with E-state index in [9.17, 15) is 19.2 Å². The molecular formula is C31H22ClNO5. The summed E-state index contributed by atoms with van der Waals surface area (Å²) in [5, 5.41) is 0.474. The third-order valence-electron chi connectivity index (χ3n) is 6.42. The zero-order valence-electron chi connectivity index (χ0n) is 20.4. The van der Waals surface area contributed by atoms with Crippen molar-refractivity contribution in [2.24, 2.45) is 0 Å². The van der Waals surface area contributed by atoms with E-state index in [4.69, 9.17) is 16.3 Å². The average Bonchev–Trinajstić information content (AvgIpc) is 3.21. The SMILES string of the molecule is CCc1ccc(N2C(=O)c3ccc(C(=O)O[C@@H](C(=O)c4ccccc4)c4ccc(Cl)cc4)cc3C2=O)cc1. The Balaban J connectivity index is 1.43. The highest BCUT2D eigenvalue weighted by Gasteiger charge is 2.37. The van der Waals surface area contributed by atoms with Gasteiger partial charge in [-0.1, -0.05) is 73.1 Å². The van der Waals surface area contributed by atoms with E-state index in [0.717, 1.165) is 16.9 Å². The van der Waals surface area contributed by atoms with E-state index in [0.29, 0.717) is 21.8 Å². The van der Waals surface area contributed by atoms with Gasteiger partial charge < -0.3 is 4.74 Å². The monoisotopic (exact) mass is 523 g/mol. The van der Waals surface area contributed by atoms with Gasteiger partial charge in [0.25, 0.3) is 11.8 Å². The molecule has 0 fully saturated rings. The number of amides is 2. The Morgan fingerprint density at radius 1 is 0.789 bits per heavy atom. The summed E-state index contributed by atoms with van der Waals surface area (Å²) >= 11 is 6.01. The van der Waals surface area contributed by atoms with E-state index in [1.165, 1.54) is 18.2 Å². The Hall–Kier alpha value is -4.55. The minimum atomic E-state index is -1.23. The lowest BCUT2D eigenvalue weighted by molar-refractivity contribution is 0.0280. The fourth-order valence-corrected chi connectivity index (χ4v) is 4.45. The molecule has 0 spiro atoms. The standard InChI is InChI=1S/C31H22ClNO5/c1-2-19-8-15-24(16-9-19)33-29(35)25-17-12-22(18-26(25)30(33)36)31(37)38-28(21-10-13-23(32)14-11-21)27(34)20-6-4-3-5-7-20/h3-18,28H,2H2,1H3/t28-/m1/s1. The molecule has 5 rings (SSSR count). The summed E-state index contributed by atoms with van der Waals surface area (Å²) in [6.07, 6.45) is -0.404. The number of benzene rings is 4. The highest BCUT2D eigenvalue weighted by atomic mass is 35.5. The number of imide groups is 1. The summed E-state index contributed by atoms with van der Waals surface area (Å²) in [7, 11) is 0. The Morgan fingerprint density at radius 3 is 2.11 bits per heavy atom. The molecule has 7 heteroatoms. The van der Waals surface area contributed by atoms with E-state index in [-0.39, 0.29) is 16.7 Å². The zero-order valence-corrected chi connectivity index (χ0v) is 21.1. The van der Waals surface area contributed by atoms with Crippen molar-refractivity contribution in [3.63, 3.8) is 0 Å². The molecule has 4 aromatic carbocycles. The Bertz CT molecular complexity index is 1550. The normalized spacial score (nSPS) is 13.3. The number of Topliss-reactive ketones (excluding diaryl/α,β-unsaturated/α-hetero) is 1. The lowest BCUT2D eigenvalue weighted by Gasteiger charge is -2.18. The van der Waals surface area contributed by atoms with Gasteiger partial charge in [0.15, 0.2) is 6.10 Å². The Kier molecular flexibility index (Phi) is 6.90. The van der Waals surface area contributed by atoms with Gasteiger partial charge in [0.1, 0.15) is 0 Å². The van der Waals surface area contributed by atoms with Crippen LogP contribution in [0.25, 0.3) is 0 Å². The highest BCUT2D eigenvalue weighted by Crippen LogP contribution is 2.31. The van der Waals surface area contributed by atoms with Crippen molar-refractivity contribution in [1.82, 2.24) is 0 Å². The lowest BCUT2D eigenvalue weighted by Crippen LogP contribution is -2.29. The molecule has 1 heterocycles. The van der Waals surface area contributed by atoms with E-state index >= 15 is 0 Å². The number of nitrogens with zero attached hydrogens (tertiary/aromatic N) is 1. The van der Waals surface area contributed by atoms with Crippen molar-refractivity contribution in [1.29, 1.82) is 0 Å². The zero-order chi connectivity index (χ0) is 26.8. The molecule has 0 saturated heterocycles. The molecular weight excluding hydrogens is 502 g/mol. The highest BCUT2D eigenvalue weighted by molar-refractivity contribution is 6.34. The van der Waals surface area contributed by atoms with Gasteiger partial charge in [-0.05, 0) is 54.4 Å². The molecule has 188 valence electrons. The number of hydrogen-bond acceptors (Lipinski definition) is 5. The average molecular weight is 524 g/mol. The summed E-state index contributed by atoms with van der Waals surface area (Å²) in [5.41, 5.74) is 2.70. The van der Waals surface area contributed by atoms with E-state index in [1.54, 1.807) is 66.7 Å². The minimum absolute atomic E-state index is 0.0490. The number of hydrogen-bond donors (Lipinski definition) is 0. The number of ether oxygens (including phenoxy) is 1. The van der Waals surface area contributed by atoms with Crippen LogP contribution in [-0.4, -0.2) is 23.6 Å². The number of ketones is 1. The quantitative estimate of drug-likeness (QED) is 0.157. The van der Waals surface area contributed by atoms with E-state index in [2.05, 4.69) is 0 Å². The van der Waals surface area contributed by atoms with Crippen LogP contribution in [0.3, 0.4) is 0 Å². The Labute approximate surface area is 224 Å². The minimum Gasteiger partial charge on any atom is -0.445 e. The first-order valence-corrected chi connectivity index (χ1v) is 12.4. The van der Waals surface area contributed by atoms with Crippen LogP contribution in [0.5, 0.6) is 0 Å². The molecule has 1 aliphatic heterocycles. The van der Waals surface area contributed by atoms with Crippen molar-refractivity contribution in [3.05, 3.63) is 135 Å². The maximum Gasteiger partial charge on any atom is 0.339 e. The smallest absolute Gasteiger partial charge is 0.339 e. The predicted octanol–water partition coefficient (Wildman–Crippen LogP) is 6.48. The number of anilines is 1. The molecule has 0 saturated carbocycles. The molecule has 4 aromatic rings. The van der Waals surface area contributed by atoms with Crippen molar-refractivity contribution >= 4 is 40.9 Å². The molecule has 1 atom stereocenters. The number of aryl methyl sites for hydroxylation is 1. The van der Waals surface area contributed by atoms with Crippen LogP contribution in [0.15, 0.2) is 97.1 Å². The van der Waals surface area contributed by atoms with Crippen LogP contribution < -0.4 is 4.90 Å². The molecule has 2 amide bonds. The number of carbonyl (C=O) groups is 4. The van der Waals surface area contributed by atoms with Crippen LogP contribution in [-0.2, 0) is 11.2 Å². The summed E-state index contributed by atoms with van der Waals surface area (Å²) in [5.74, 6) is -2.20. The second-order valence-corrected chi connectivity index (χ2v) is 9.23. The number of esters is 1. The third kappa shape index (κ3) is 4.74. The third-order valence-corrected chi connectivity index (χ3v) is 6.67. The molecule has 0 radical (unpaired) electrons. The first kappa shape index (κ1) is 25.1. The predicted molar refractivity (Wildman–Crippen MR) is 144 cm³/mol. The van der Waals surface area contributed by atoms with Crippen molar-refractivity contribution < 1.29 is 23.9 Å². The van der Waals surface area contributed by atoms with Gasteiger partial charge in [-0.15, -0.1) is 0 Å². The summed E-state index contributed by atoms with van der Waals surface area (Å²) in [6.45, 7) is 2.02. The van der Waals surface area contributed by atoms with Crippen molar-refractivity contribution in [2.75, 3.05) is 4.90 Å². The molecule has 0 aromatic heterocycles. The molecule has 6 nitrogen and oxygen atoms in total. The van der Waals surface area contributed by atoms with Gasteiger partial charge in [-0.3, -0.25) is 14.4 Å². The van der Waals surface area contributed by atoms with Gasteiger partial charge >= 0.3 is 5.97 Å². The van der Waals surface area contributed by atoms with Crippen LogP contribution in [0.2, 0.25) is 5.02 Å². The van der Waals surface area contributed by atoms with Gasteiger partial charge in [-0.2, -0.15) is 0 Å². The maximum absolute atomic E-state index is 13.3. The second-order valence-electron chi connectivity index (χ2n) is 8.79. The molecule has 38 heavy (non-hydrogen) atoms. The molecule has 0 N–H and O–H groups in total. The van der Waals surface area contributed by atoms with E-state index < -0.39 is 29.7 Å². The number of halogens is 1. The fourth-order valence-electron chi connectivity index (χ4n) is 4.32. The molecule has 0 aliphatic carbocycles. The van der Waals surface area contributed by atoms with Gasteiger partial charge in [0.05, 0.1) is 22.4 Å². The van der Waals surface area contributed by atoms with E-state index in [1.807, 2.05) is 19.1 Å². The summed E-state index contributed by atoms with van der Waals surface area (Å²) < 4.78 is 5.70. The van der Waals surface area contributed by atoms with Crippen molar-refractivity contribution in [3.8, 4) is 0 Å². The second kappa shape index (κ2) is 10.4. The summed E-state index contributed by atoms with van der Waals surface area (Å²) in [6, 6.07) is 26.3. The molecule has 0 unspecified atom stereocenters. The van der Waals surface area contributed by atoms with Gasteiger partial charge in [-0.25, -0.2) is 9.69 Å². The first-order valence-electron chi connectivity index (χ1n) is 12.0. The summed E-state index contributed by atoms with van der Waals surface area (Å²) in [4.78, 5) is 53.8. The molecule has 0 bridgehead atoms. The number of carbonyl (C=O) groups excluding carboxylic acids is 4. The number of rotatable bonds is 7. The van der Waals surface area contributed by atoms with Crippen LogP contribution >= 0.6 is 11.6 Å².